The van der Waals surface area contributed by atoms with Gasteiger partial charge in [0.25, 0.3) is 11.8 Å². The van der Waals surface area contributed by atoms with Crippen molar-refractivity contribution >= 4 is 28.4 Å². The first-order chi connectivity index (χ1) is 15.2. The summed E-state index contributed by atoms with van der Waals surface area (Å²) in [5.41, 5.74) is 3.79. The highest BCUT2D eigenvalue weighted by molar-refractivity contribution is 6.06. The third-order valence-corrected chi connectivity index (χ3v) is 5.11. The average Bonchev–Trinajstić information content (AvgIpc) is 3.63. The number of carbonyl (C=O) groups is 2. The minimum absolute atomic E-state index is 0.226. The van der Waals surface area contributed by atoms with Crippen LogP contribution < -0.4 is 10.6 Å². The number of hydrogen-bond donors (Lipinski definition) is 2. The summed E-state index contributed by atoms with van der Waals surface area (Å²) >= 11 is 0. The van der Waals surface area contributed by atoms with Crippen LogP contribution in [0.15, 0.2) is 73.3 Å². The van der Waals surface area contributed by atoms with Crippen LogP contribution in [0.1, 0.15) is 33.7 Å². The van der Waals surface area contributed by atoms with Crippen LogP contribution in [-0.4, -0.2) is 32.8 Å². The molecule has 1 aromatic carbocycles. The number of pyridine rings is 3. The number of rotatable bonds is 5. The van der Waals surface area contributed by atoms with Crippen LogP contribution >= 0.6 is 0 Å². The lowest BCUT2D eigenvalue weighted by Gasteiger charge is -2.09. The van der Waals surface area contributed by atoms with Gasteiger partial charge in [-0.25, -0.2) is 0 Å². The Morgan fingerprint density at radius 2 is 1.77 bits per heavy atom. The number of fused-ring (bicyclic) bond motifs is 1. The van der Waals surface area contributed by atoms with E-state index in [9.17, 15) is 9.59 Å². The maximum Gasteiger partial charge on any atom is 0.270 e. The molecule has 31 heavy (non-hydrogen) atoms. The van der Waals surface area contributed by atoms with Crippen LogP contribution in [-0.2, 0) is 0 Å². The summed E-state index contributed by atoms with van der Waals surface area (Å²) < 4.78 is 0. The lowest BCUT2D eigenvalue weighted by molar-refractivity contribution is 0.0946. The van der Waals surface area contributed by atoms with E-state index < -0.39 is 0 Å². The molecule has 2 N–H and O–H groups in total. The van der Waals surface area contributed by atoms with Crippen molar-refractivity contribution < 1.29 is 9.59 Å². The molecule has 0 radical (unpaired) electrons. The molecule has 5 rings (SSSR count). The molecule has 2 amide bonds. The predicted octanol–water partition coefficient (Wildman–Crippen LogP) is 3.84. The zero-order valence-electron chi connectivity index (χ0n) is 16.6. The van der Waals surface area contributed by atoms with Gasteiger partial charge in [-0.05, 0) is 37.1 Å². The highest BCUT2D eigenvalue weighted by Gasteiger charge is 2.24. The summed E-state index contributed by atoms with van der Waals surface area (Å²) in [6, 6.07) is 15.0. The molecule has 3 aromatic heterocycles. The maximum absolute atomic E-state index is 12.8. The van der Waals surface area contributed by atoms with E-state index in [4.69, 9.17) is 0 Å². The van der Waals surface area contributed by atoms with E-state index in [0.29, 0.717) is 11.3 Å². The second-order valence-corrected chi connectivity index (χ2v) is 7.47. The Kier molecular flexibility index (Phi) is 4.84. The molecule has 0 spiro atoms. The van der Waals surface area contributed by atoms with Crippen molar-refractivity contribution in [2.45, 2.75) is 18.9 Å². The summed E-state index contributed by atoms with van der Waals surface area (Å²) in [6.45, 7) is 0. The summed E-state index contributed by atoms with van der Waals surface area (Å²) in [4.78, 5) is 37.8. The predicted molar refractivity (Wildman–Crippen MR) is 118 cm³/mol. The zero-order valence-corrected chi connectivity index (χ0v) is 16.6. The van der Waals surface area contributed by atoms with Crippen LogP contribution in [0, 0.1) is 0 Å². The topological polar surface area (TPSA) is 96.9 Å². The Labute approximate surface area is 178 Å². The molecular weight excluding hydrogens is 390 g/mol. The fourth-order valence-electron chi connectivity index (χ4n) is 3.38. The van der Waals surface area contributed by atoms with E-state index in [1.54, 1.807) is 24.7 Å². The van der Waals surface area contributed by atoms with Gasteiger partial charge in [-0.1, -0.05) is 24.3 Å². The number of aromatic nitrogens is 3. The Bertz CT molecular complexity index is 1290. The molecule has 0 saturated heterocycles. The van der Waals surface area contributed by atoms with Crippen molar-refractivity contribution in [3.63, 3.8) is 0 Å². The Morgan fingerprint density at radius 1 is 0.903 bits per heavy atom. The molecule has 4 aromatic rings. The third kappa shape index (κ3) is 4.11. The van der Waals surface area contributed by atoms with E-state index in [0.717, 1.165) is 34.9 Å². The minimum atomic E-state index is -0.335. The van der Waals surface area contributed by atoms with Gasteiger partial charge in [-0.15, -0.1) is 0 Å². The zero-order chi connectivity index (χ0) is 21.2. The van der Waals surface area contributed by atoms with Crippen LogP contribution in [0.5, 0.6) is 0 Å². The number of para-hydroxylation sites is 1. The summed E-state index contributed by atoms with van der Waals surface area (Å²) in [7, 11) is 0. The van der Waals surface area contributed by atoms with Crippen LogP contribution in [0.25, 0.3) is 22.0 Å². The monoisotopic (exact) mass is 409 g/mol. The number of carbonyl (C=O) groups excluding carboxylic acids is 2. The Balaban J connectivity index is 1.38. The highest BCUT2D eigenvalue weighted by atomic mass is 16.2. The molecule has 0 atom stereocenters. The molecule has 1 aliphatic rings. The highest BCUT2D eigenvalue weighted by Crippen LogP contribution is 2.28. The largest absolute Gasteiger partial charge is 0.348 e. The molecule has 0 bridgehead atoms. The van der Waals surface area contributed by atoms with Gasteiger partial charge in [0.05, 0.1) is 17.4 Å². The first-order valence-electron chi connectivity index (χ1n) is 10.0. The summed E-state index contributed by atoms with van der Waals surface area (Å²) in [6.07, 6.45) is 8.52. The first-order valence-corrected chi connectivity index (χ1v) is 10.0. The molecule has 0 unspecified atom stereocenters. The van der Waals surface area contributed by atoms with E-state index in [2.05, 4.69) is 25.6 Å². The Morgan fingerprint density at radius 3 is 2.65 bits per heavy atom. The molecule has 1 fully saturated rings. The fraction of sp³-hybridized carbons (Fsp3) is 0.125. The second-order valence-electron chi connectivity index (χ2n) is 7.47. The molecular formula is C24H19N5O2. The number of hydrogen-bond acceptors (Lipinski definition) is 5. The number of benzene rings is 1. The third-order valence-electron chi connectivity index (χ3n) is 5.11. The van der Waals surface area contributed by atoms with Crippen molar-refractivity contribution in [3.05, 3.63) is 84.6 Å². The van der Waals surface area contributed by atoms with Crippen LogP contribution in [0.2, 0.25) is 0 Å². The SMILES string of the molecule is O=C(Nc1cncc(-c2cccc3cccnc23)c1)c1ccnc(C(=O)NC2CC2)c1. The molecule has 1 aliphatic carbocycles. The van der Waals surface area contributed by atoms with Gasteiger partial charge in [0.2, 0.25) is 0 Å². The van der Waals surface area contributed by atoms with E-state index >= 15 is 0 Å². The summed E-state index contributed by atoms with van der Waals surface area (Å²) in [5.74, 6) is -0.595. The molecule has 7 heteroatoms. The van der Waals surface area contributed by atoms with Crippen molar-refractivity contribution in [2.75, 3.05) is 5.32 Å². The van der Waals surface area contributed by atoms with E-state index in [1.807, 2.05) is 36.4 Å². The molecule has 0 aliphatic heterocycles. The molecule has 7 nitrogen and oxygen atoms in total. The van der Waals surface area contributed by atoms with Gasteiger partial charge in [0.15, 0.2) is 0 Å². The first kappa shape index (κ1) is 18.9. The number of amides is 2. The van der Waals surface area contributed by atoms with Gasteiger partial charge >= 0.3 is 0 Å². The minimum Gasteiger partial charge on any atom is -0.348 e. The number of nitrogens with one attached hydrogen (secondary N) is 2. The standard InChI is InChI=1S/C24H19N5O2/c30-23(16-8-10-26-21(12-16)24(31)28-18-6-7-18)29-19-11-17(13-25-14-19)20-5-1-3-15-4-2-9-27-22(15)20/h1-5,8-14,18H,6-7H2,(H,28,31)(H,29,30). The van der Waals surface area contributed by atoms with Crippen LogP contribution in [0.4, 0.5) is 5.69 Å². The van der Waals surface area contributed by atoms with Gasteiger partial charge < -0.3 is 10.6 Å². The van der Waals surface area contributed by atoms with E-state index in [-0.39, 0.29) is 23.6 Å². The molecule has 1 saturated carbocycles. The lowest BCUT2D eigenvalue weighted by atomic mass is 10.0. The van der Waals surface area contributed by atoms with Crippen molar-refractivity contribution in [1.29, 1.82) is 0 Å². The van der Waals surface area contributed by atoms with Crippen molar-refractivity contribution in [2.24, 2.45) is 0 Å². The quantitative estimate of drug-likeness (QED) is 0.522. The van der Waals surface area contributed by atoms with Gasteiger partial charge in [-0.2, -0.15) is 0 Å². The van der Waals surface area contributed by atoms with Crippen molar-refractivity contribution in [3.8, 4) is 11.1 Å². The molecule has 152 valence electrons. The van der Waals surface area contributed by atoms with E-state index in [1.165, 1.54) is 12.3 Å². The van der Waals surface area contributed by atoms with Gasteiger partial charge in [0.1, 0.15) is 5.69 Å². The maximum atomic E-state index is 12.8. The smallest absolute Gasteiger partial charge is 0.270 e. The summed E-state index contributed by atoms with van der Waals surface area (Å²) in [5, 5.41) is 6.76. The van der Waals surface area contributed by atoms with Crippen LogP contribution in [0.3, 0.4) is 0 Å². The fourth-order valence-corrected chi connectivity index (χ4v) is 3.38. The second kappa shape index (κ2) is 7.95. The number of anilines is 1. The Hall–Kier alpha value is -4.13. The average molecular weight is 409 g/mol. The lowest BCUT2D eigenvalue weighted by Crippen LogP contribution is -2.26. The normalized spacial score (nSPS) is 13.0. The van der Waals surface area contributed by atoms with Crippen molar-refractivity contribution in [1.82, 2.24) is 20.3 Å². The van der Waals surface area contributed by atoms with Gasteiger partial charge in [-0.3, -0.25) is 24.5 Å². The molecule has 3 heterocycles. The number of nitrogens with zero attached hydrogens (tertiary/aromatic N) is 3. The van der Waals surface area contributed by atoms with Gasteiger partial charge in [0, 0.05) is 46.7 Å².